The summed E-state index contributed by atoms with van der Waals surface area (Å²) in [5.41, 5.74) is 0.988. The summed E-state index contributed by atoms with van der Waals surface area (Å²) in [6.45, 7) is 6.02. The average Bonchev–Trinajstić information content (AvgIpc) is 2.99. The first-order chi connectivity index (χ1) is 10.7. The molecule has 22 heavy (non-hydrogen) atoms. The highest BCUT2D eigenvalue weighted by molar-refractivity contribution is 5.17. The molecule has 1 aromatic rings. The lowest BCUT2D eigenvalue weighted by atomic mass is 10.00. The van der Waals surface area contributed by atoms with E-state index in [0.717, 1.165) is 5.56 Å². The van der Waals surface area contributed by atoms with Crippen LogP contribution in [0.5, 0.6) is 0 Å². The quantitative estimate of drug-likeness (QED) is 0.782. The fraction of sp³-hybridized carbons (Fsp3) is 0.529. The van der Waals surface area contributed by atoms with Gasteiger partial charge in [0.2, 0.25) is 0 Å². The molecule has 2 saturated heterocycles. The summed E-state index contributed by atoms with van der Waals surface area (Å²) < 4.78 is 29.3. The minimum Gasteiger partial charge on any atom is -0.373 e. The smallest absolute Gasteiger partial charge is 0.187 e. The van der Waals surface area contributed by atoms with E-state index >= 15 is 0 Å². The highest BCUT2D eigenvalue weighted by atomic mass is 16.8. The molecule has 0 aromatic heterocycles. The molecule has 2 aliphatic heterocycles. The van der Waals surface area contributed by atoms with E-state index in [1.54, 1.807) is 13.2 Å². The van der Waals surface area contributed by atoms with Gasteiger partial charge in [-0.25, -0.2) is 0 Å². The van der Waals surface area contributed by atoms with Crippen LogP contribution in [0.25, 0.3) is 0 Å². The number of fused-ring (bicyclic) bond motifs is 1. The third-order valence-electron chi connectivity index (χ3n) is 4.01. The van der Waals surface area contributed by atoms with Crippen molar-refractivity contribution < 1.29 is 23.7 Å². The van der Waals surface area contributed by atoms with Crippen molar-refractivity contribution in [2.24, 2.45) is 0 Å². The maximum Gasteiger partial charge on any atom is 0.187 e. The fourth-order valence-electron chi connectivity index (χ4n) is 2.95. The van der Waals surface area contributed by atoms with Crippen molar-refractivity contribution >= 4 is 0 Å². The lowest BCUT2D eigenvalue weighted by molar-refractivity contribution is -0.276. The third-order valence-corrected chi connectivity index (χ3v) is 4.01. The molecular weight excluding hydrogens is 284 g/mol. The Hall–Kier alpha value is -1.24. The number of ether oxygens (including phenoxy) is 5. The molecule has 5 heteroatoms. The van der Waals surface area contributed by atoms with Gasteiger partial charge in [-0.1, -0.05) is 36.4 Å². The zero-order valence-electron chi connectivity index (χ0n) is 12.9. The molecule has 0 saturated carbocycles. The van der Waals surface area contributed by atoms with Crippen molar-refractivity contribution in [2.45, 2.75) is 43.9 Å². The van der Waals surface area contributed by atoms with Gasteiger partial charge in [0.25, 0.3) is 0 Å². The van der Waals surface area contributed by atoms with Gasteiger partial charge in [-0.3, -0.25) is 0 Å². The largest absolute Gasteiger partial charge is 0.373 e. The van der Waals surface area contributed by atoms with Gasteiger partial charge in [0.05, 0.1) is 12.7 Å². The van der Waals surface area contributed by atoms with Gasteiger partial charge < -0.3 is 23.7 Å². The maximum absolute atomic E-state index is 6.10. The summed E-state index contributed by atoms with van der Waals surface area (Å²) in [5, 5.41) is 0. The van der Waals surface area contributed by atoms with Gasteiger partial charge >= 0.3 is 0 Å². The van der Waals surface area contributed by atoms with E-state index in [0.29, 0.717) is 6.61 Å². The van der Waals surface area contributed by atoms with E-state index in [-0.39, 0.29) is 24.4 Å². The van der Waals surface area contributed by atoms with Gasteiger partial charge in [-0.15, -0.1) is 6.58 Å². The summed E-state index contributed by atoms with van der Waals surface area (Å²) in [7, 11) is 1.63. The molecule has 0 bridgehead atoms. The zero-order chi connectivity index (χ0) is 15.5. The van der Waals surface area contributed by atoms with Gasteiger partial charge in [-0.05, 0) is 6.92 Å². The molecule has 1 aromatic carbocycles. The number of methoxy groups -OCH3 is 1. The molecular formula is C17H22O5. The average molecular weight is 306 g/mol. The Bertz CT molecular complexity index is 491. The number of rotatable bonds is 5. The zero-order valence-corrected chi connectivity index (χ0v) is 12.9. The highest BCUT2D eigenvalue weighted by Crippen LogP contribution is 2.39. The monoisotopic (exact) mass is 306 g/mol. The lowest BCUT2D eigenvalue weighted by Gasteiger charge is -2.39. The van der Waals surface area contributed by atoms with E-state index in [1.807, 2.05) is 37.3 Å². The van der Waals surface area contributed by atoms with Crippen LogP contribution in [-0.4, -0.2) is 44.4 Å². The van der Waals surface area contributed by atoms with Crippen molar-refractivity contribution in [3.8, 4) is 0 Å². The molecule has 0 amide bonds. The topological polar surface area (TPSA) is 46.2 Å². The molecule has 2 heterocycles. The first-order valence-corrected chi connectivity index (χ1v) is 7.51. The van der Waals surface area contributed by atoms with Crippen LogP contribution in [0, 0.1) is 0 Å². The van der Waals surface area contributed by atoms with Crippen LogP contribution in [-0.2, 0) is 23.7 Å². The molecule has 2 aliphatic rings. The van der Waals surface area contributed by atoms with Crippen molar-refractivity contribution in [2.75, 3.05) is 13.7 Å². The lowest BCUT2D eigenvalue weighted by Crippen LogP contribution is -2.56. The van der Waals surface area contributed by atoms with Gasteiger partial charge in [0.15, 0.2) is 12.6 Å². The van der Waals surface area contributed by atoms with Crippen LogP contribution in [0.3, 0.4) is 0 Å². The highest BCUT2D eigenvalue weighted by Gasteiger charge is 2.52. The molecule has 0 N–H and O–H groups in total. The van der Waals surface area contributed by atoms with Crippen LogP contribution in [0.1, 0.15) is 18.8 Å². The van der Waals surface area contributed by atoms with Crippen LogP contribution in [0.15, 0.2) is 43.0 Å². The Morgan fingerprint density at radius 3 is 2.55 bits per heavy atom. The predicted molar refractivity (Wildman–Crippen MR) is 80.2 cm³/mol. The van der Waals surface area contributed by atoms with E-state index in [4.69, 9.17) is 23.7 Å². The molecule has 0 spiro atoms. The fourth-order valence-corrected chi connectivity index (χ4v) is 2.95. The second kappa shape index (κ2) is 6.89. The van der Waals surface area contributed by atoms with E-state index < -0.39 is 12.6 Å². The molecule has 0 aliphatic carbocycles. The van der Waals surface area contributed by atoms with Crippen LogP contribution in [0.2, 0.25) is 0 Å². The molecule has 5 nitrogen and oxygen atoms in total. The second-order valence-electron chi connectivity index (χ2n) is 5.48. The standard InChI is InChI=1S/C17H22O5/c1-4-10-19-17-15(18-3)14-13(11(2)20-17)21-16(22-14)12-8-6-5-7-9-12/h4-9,11,13-17H,1,10H2,2-3H3/t11-,13+,14+,15-,16+,17+/m0/s1. The normalized spacial score (nSPS) is 37.7. The summed E-state index contributed by atoms with van der Waals surface area (Å²) in [5.74, 6) is 0. The van der Waals surface area contributed by atoms with Crippen LogP contribution >= 0.6 is 0 Å². The number of hydrogen-bond donors (Lipinski definition) is 0. The number of benzene rings is 1. The molecule has 6 atom stereocenters. The van der Waals surface area contributed by atoms with E-state index in [1.165, 1.54) is 0 Å². The minimum atomic E-state index is -0.489. The molecule has 120 valence electrons. The molecule has 2 fully saturated rings. The number of hydrogen-bond acceptors (Lipinski definition) is 5. The van der Waals surface area contributed by atoms with Gasteiger partial charge in [0, 0.05) is 12.7 Å². The Kier molecular flexibility index (Phi) is 4.90. The first kappa shape index (κ1) is 15.6. The van der Waals surface area contributed by atoms with E-state index in [9.17, 15) is 0 Å². The predicted octanol–water partition coefficient (Wildman–Crippen LogP) is 2.43. The van der Waals surface area contributed by atoms with Gasteiger partial charge in [-0.2, -0.15) is 0 Å². The summed E-state index contributed by atoms with van der Waals surface area (Å²) >= 11 is 0. The van der Waals surface area contributed by atoms with Crippen LogP contribution < -0.4 is 0 Å². The van der Waals surface area contributed by atoms with Crippen molar-refractivity contribution in [3.63, 3.8) is 0 Å². The summed E-state index contributed by atoms with van der Waals surface area (Å²) in [6, 6.07) is 9.87. The Balaban J connectivity index is 1.76. The van der Waals surface area contributed by atoms with Crippen molar-refractivity contribution in [1.82, 2.24) is 0 Å². The molecule has 0 radical (unpaired) electrons. The Morgan fingerprint density at radius 1 is 1.14 bits per heavy atom. The Morgan fingerprint density at radius 2 is 1.86 bits per heavy atom. The van der Waals surface area contributed by atoms with E-state index in [2.05, 4.69) is 6.58 Å². The van der Waals surface area contributed by atoms with Crippen molar-refractivity contribution in [1.29, 1.82) is 0 Å². The summed E-state index contributed by atoms with van der Waals surface area (Å²) in [4.78, 5) is 0. The first-order valence-electron chi connectivity index (χ1n) is 7.51. The van der Waals surface area contributed by atoms with Crippen LogP contribution in [0.4, 0.5) is 0 Å². The molecule has 3 rings (SSSR count). The third kappa shape index (κ3) is 2.95. The summed E-state index contributed by atoms with van der Waals surface area (Å²) in [6.07, 6.45) is -0.0938. The maximum atomic E-state index is 6.10. The Labute approximate surface area is 130 Å². The SMILES string of the molecule is C=CCO[C@@H]1O[C@@H](C)[C@H]2O[C@@H](c3ccccc3)O[C@H]2[C@@H]1OC. The molecule has 0 unspecified atom stereocenters. The second-order valence-corrected chi connectivity index (χ2v) is 5.48. The van der Waals surface area contributed by atoms with Gasteiger partial charge in [0.1, 0.15) is 18.3 Å². The minimum absolute atomic E-state index is 0.139. The van der Waals surface area contributed by atoms with Crippen molar-refractivity contribution in [3.05, 3.63) is 48.6 Å².